The lowest BCUT2D eigenvalue weighted by Gasteiger charge is -2.13. The molecule has 4 heteroatoms. The summed E-state index contributed by atoms with van der Waals surface area (Å²) in [4.78, 5) is 20.1. The number of pyridine rings is 1. The molecule has 0 bridgehead atoms. The van der Waals surface area contributed by atoms with Crippen LogP contribution in [0.3, 0.4) is 0 Å². The molecule has 2 aromatic heterocycles. The summed E-state index contributed by atoms with van der Waals surface area (Å²) in [6, 6.07) is 6.50. The maximum absolute atomic E-state index is 11.9. The van der Waals surface area contributed by atoms with Crippen molar-refractivity contribution in [2.24, 2.45) is 0 Å². The average Bonchev–Trinajstić information content (AvgIpc) is 3.17. The number of aromatic nitrogens is 1. The molecule has 0 atom stereocenters. The van der Waals surface area contributed by atoms with Gasteiger partial charge in [0.05, 0.1) is 0 Å². The largest absolute Gasteiger partial charge is 0.326 e. The number of aryl methyl sites for hydroxylation is 2. The third-order valence-corrected chi connectivity index (χ3v) is 5.67. The molecule has 1 N–H and O–H groups in total. The van der Waals surface area contributed by atoms with E-state index in [1.54, 1.807) is 0 Å². The van der Waals surface area contributed by atoms with Gasteiger partial charge in [-0.1, -0.05) is 6.92 Å². The molecule has 3 rings (SSSR count). The fourth-order valence-corrected chi connectivity index (χ4v) is 4.19. The van der Waals surface area contributed by atoms with E-state index in [2.05, 4.69) is 28.1 Å². The van der Waals surface area contributed by atoms with Crippen molar-refractivity contribution in [1.82, 2.24) is 9.88 Å². The molecule has 0 saturated carbocycles. The summed E-state index contributed by atoms with van der Waals surface area (Å²) >= 11 is 1.86. The average molecular weight is 316 g/mol. The molecule has 0 spiro atoms. The highest BCUT2D eigenvalue weighted by Crippen LogP contribution is 2.30. The highest BCUT2D eigenvalue weighted by Gasteiger charge is 2.13. The first-order chi connectivity index (χ1) is 10.7. The third-order valence-electron chi connectivity index (χ3n) is 4.50. The van der Waals surface area contributed by atoms with Crippen LogP contribution in [0.25, 0.3) is 10.4 Å². The lowest BCUT2D eigenvalue weighted by molar-refractivity contribution is 0.344. The van der Waals surface area contributed by atoms with E-state index < -0.39 is 0 Å². The molecule has 0 amide bonds. The number of nitrogens with zero attached hydrogens (tertiary/aromatic N) is 1. The summed E-state index contributed by atoms with van der Waals surface area (Å²) in [5.41, 5.74) is 3.06. The Morgan fingerprint density at radius 2 is 2.05 bits per heavy atom. The molecule has 3 nitrogen and oxygen atoms in total. The van der Waals surface area contributed by atoms with Gasteiger partial charge in [0.1, 0.15) is 0 Å². The first-order valence-electron chi connectivity index (χ1n) is 8.21. The molecule has 22 heavy (non-hydrogen) atoms. The van der Waals surface area contributed by atoms with Crippen LogP contribution in [0.4, 0.5) is 0 Å². The maximum atomic E-state index is 11.9. The van der Waals surface area contributed by atoms with Gasteiger partial charge in [-0.25, -0.2) is 0 Å². The molecule has 3 heterocycles. The lowest BCUT2D eigenvalue weighted by Crippen LogP contribution is -2.21. The maximum Gasteiger partial charge on any atom is 0.251 e. The van der Waals surface area contributed by atoms with Crippen LogP contribution in [-0.2, 0) is 12.8 Å². The molecule has 0 aromatic carbocycles. The van der Waals surface area contributed by atoms with Gasteiger partial charge in [-0.05, 0) is 63.9 Å². The highest BCUT2D eigenvalue weighted by molar-refractivity contribution is 7.15. The third kappa shape index (κ3) is 3.33. The molecular formula is C18H24N2OS. The Kier molecular flexibility index (Phi) is 4.79. The number of likely N-dealkylation sites (tertiary alicyclic amines) is 1. The predicted molar refractivity (Wildman–Crippen MR) is 93.9 cm³/mol. The van der Waals surface area contributed by atoms with Gasteiger partial charge in [-0.2, -0.15) is 0 Å². The number of H-pyrrole nitrogens is 1. The van der Waals surface area contributed by atoms with E-state index in [1.807, 2.05) is 25.2 Å². The van der Waals surface area contributed by atoms with E-state index in [9.17, 15) is 4.79 Å². The number of hydrogen-bond donors (Lipinski definition) is 1. The van der Waals surface area contributed by atoms with Gasteiger partial charge < -0.3 is 9.88 Å². The van der Waals surface area contributed by atoms with Crippen LogP contribution in [0.15, 0.2) is 23.0 Å². The number of aromatic amines is 1. The standard InChI is InChI=1S/C18H24N2OS/c1-3-14-12-16(13(2)19-18(14)21)17-7-6-15(22-17)8-11-20-9-4-5-10-20/h6-7,12H,3-5,8-11H2,1-2H3,(H,19,21). The second-order valence-electron chi connectivity index (χ2n) is 6.08. The summed E-state index contributed by atoms with van der Waals surface area (Å²) in [7, 11) is 0. The van der Waals surface area contributed by atoms with Crippen LogP contribution >= 0.6 is 11.3 Å². The van der Waals surface area contributed by atoms with Crippen molar-refractivity contribution in [2.45, 2.75) is 39.5 Å². The summed E-state index contributed by atoms with van der Waals surface area (Å²) in [6.07, 6.45) is 4.61. The Labute approximate surface area is 136 Å². The van der Waals surface area contributed by atoms with Crippen molar-refractivity contribution in [1.29, 1.82) is 0 Å². The van der Waals surface area contributed by atoms with Gasteiger partial charge in [0.25, 0.3) is 5.56 Å². The van der Waals surface area contributed by atoms with E-state index in [4.69, 9.17) is 0 Å². The van der Waals surface area contributed by atoms with E-state index >= 15 is 0 Å². The minimum absolute atomic E-state index is 0.0505. The van der Waals surface area contributed by atoms with Gasteiger partial charge in [0, 0.05) is 33.1 Å². The predicted octanol–water partition coefficient (Wildman–Crippen LogP) is 3.61. The van der Waals surface area contributed by atoms with Crippen molar-refractivity contribution < 1.29 is 0 Å². The number of thiophene rings is 1. The number of rotatable bonds is 5. The molecule has 0 unspecified atom stereocenters. The molecular weight excluding hydrogens is 292 g/mol. The van der Waals surface area contributed by atoms with E-state index in [0.717, 1.165) is 24.1 Å². The van der Waals surface area contributed by atoms with Gasteiger partial charge in [0.2, 0.25) is 0 Å². The van der Waals surface area contributed by atoms with Crippen LogP contribution in [0.1, 0.15) is 35.9 Å². The quantitative estimate of drug-likeness (QED) is 0.914. The van der Waals surface area contributed by atoms with Gasteiger partial charge in [0.15, 0.2) is 0 Å². The van der Waals surface area contributed by atoms with Crippen LogP contribution in [0.5, 0.6) is 0 Å². The molecule has 1 aliphatic heterocycles. The summed E-state index contributed by atoms with van der Waals surface area (Å²) in [5.74, 6) is 0. The first-order valence-corrected chi connectivity index (χ1v) is 9.03. The van der Waals surface area contributed by atoms with Crippen molar-refractivity contribution in [3.8, 4) is 10.4 Å². The fraction of sp³-hybridized carbons (Fsp3) is 0.500. The molecule has 2 aromatic rings. The second kappa shape index (κ2) is 6.80. The van der Waals surface area contributed by atoms with Crippen LogP contribution in [0, 0.1) is 6.92 Å². The lowest BCUT2D eigenvalue weighted by atomic mass is 10.1. The summed E-state index contributed by atoms with van der Waals surface area (Å²) < 4.78 is 0. The molecule has 0 radical (unpaired) electrons. The molecule has 1 fully saturated rings. The zero-order valence-corrected chi connectivity index (χ0v) is 14.3. The second-order valence-corrected chi connectivity index (χ2v) is 7.25. The normalized spacial score (nSPS) is 15.5. The van der Waals surface area contributed by atoms with Gasteiger partial charge in [-0.3, -0.25) is 4.79 Å². The van der Waals surface area contributed by atoms with Crippen molar-refractivity contribution in [2.75, 3.05) is 19.6 Å². The highest BCUT2D eigenvalue weighted by atomic mass is 32.1. The number of nitrogens with one attached hydrogen (secondary N) is 1. The van der Waals surface area contributed by atoms with Gasteiger partial charge >= 0.3 is 0 Å². The minimum Gasteiger partial charge on any atom is -0.326 e. The Balaban J connectivity index is 1.76. The monoisotopic (exact) mass is 316 g/mol. The van der Waals surface area contributed by atoms with Crippen LogP contribution in [0.2, 0.25) is 0 Å². The van der Waals surface area contributed by atoms with Crippen molar-refractivity contribution in [3.05, 3.63) is 44.7 Å². The van der Waals surface area contributed by atoms with Crippen molar-refractivity contribution in [3.63, 3.8) is 0 Å². The van der Waals surface area contributed by atoms with Crippen LogP contribution < -0.4 is 5.56 Å². The van der Waals surface area contributed by atoms with Crippen LogP contribution in [-0.4, -0.2) is 29.5 Å². The molecule has 1 aliphatic rings. The van der Waals surface area contributed by atoms with E-state index in [0.29, 0.717) is 0 Å². The zero-order valence-electron chi connectivity index (χ0n) is 13.4. The Morgan fingerprint density at radius 3 is 2.77 bits per heavy atom. The van der Waals surface area contributed by atoms with E-state index in [1.165, 1.54) is 47.8 Å². The zero-order chi connectivity index (χ0) is 15.5. The van der Waals surface area contributed by atoms with E-state index in [-0.39, 0.29) is 5.56 Å². The minimum atomic E-state index is 0.0505. The first kappa shape index (κ1) is 15.5. The molecule has 118 valence electrons. The number of hydrogen-bond acceptors (Lipinski definition) is 3. The Bertz CT molecular complexity index is 695. The SMILES string of the molecule is CCc1cc(-c2ccc(CCN3CCCC3)s2)c(C)[nH]c1=O. The van der Waals surface area contributed by atoms with Crippen molar-refractivity contribution >= 4 is 11.3 Å². The summed E-state index contributed by atoms with van der Waals surface area (Å²) in [5, 5.41) is 0. The molecule has 1 saturated heterocycles. The van der Waals surface area contributed by atoms with Gasteiger partial charge in [-0.15, -0.1) is 11.3 Å². The Hall–Kier alpha value is -1.39. The summed E-state index contributed by atoms with van der Waals surface area (Å²) in [6.45, 7) is 7.71. The smallest absolute Gasteiger partial charge is 0.251 e. The molecule has 0 aliphatic carbocycles. The topological polar surface area (TPSA) is 36.1 Å². The fourth-order valence-electron chi connectivity index (χ4n) is 3.12. The Morgan fingerprint density at radius 1 is 1.27 bits per heavy atom.